The molecule has 1 aliphatic heterocycles. The van der Waals surface area contributed by atoms with Crippen molar-refractivity contribution in [2.45, 2.75) is 52.5 Å². The summed E-state index contributed by atoms with van der Waals surface area (Å²) in [5.41, 5.74) is 5.39. The zero-order chi connectivity index (χ0) is 17.0. The van der Waals surface area contributed by atoms with Gasteiger partial charge >= 0.3 is 0 Å². The largest absolute Gasteiger partial charge is 0.342 e. The van der Waals surface area contributed by atoms with E-state index in [4.69, 9.17) is 5.73 Å². The average molecular weight is 333 g/mol. The van der Waals surface area contributed by atoms with Gasteiger partial charge in [0.2, 0.25) is 15.9 Å². The summed E-state index contributed by atoms with van der Waals surface area (Å²) in [5.74, 6) is 0.240. The first-order valence-electron chi connectivity index (χ1n) is 8.23. The zero-order valence-corrected chi connectivity index (χ0v) is 15.2. The molecule has 1 amide bonds. The molecule has 1 rings (SSSR count). The molecular weight excluding hydrogens is 302 g/mol. The van der Waals surface area contributed by atoms with E-state index in [1.165, 1.54) is 4.31 Å². The van der Waals surface area contributed by atoms with Crippen molar-refractivity contribution in [3.8, 4) is 0 Å². The summed E-state index contributed by atoms with van der Waals surface area (Å²) in [6.07, 6.45) is 2.86. The van der Waals surface area contributed by atoms with Gasteiger partial charge in [-0.2, -0.15) is 0 Å². The van der Waals surface area contributed by atoms with E-state index in [0.29, 0.717) is 32.5 Å². The Bertz CT molecular complexity index is 458. The Balaban J connectivity index is 2.71. The van der Waals surface area contributed by atoms with Crippen molar-refractivity contribution in [1.82, 2.24) is 9.21 Å². The van der Waals surface area contributed by atoms with E-state index in [-0.39, 0.29) is 17.7 Å². The van der Waals surface area contributed by atoms with Crippen LogP contribution in [0.5, 0.6) is 0 Å². The zero-order valence-electron chi connectivity index (χ0n) is 14.3. The van der Waals surface area contributed by atoms with Crippen LogP contribution >= 0.6 is 0 Å². The third-order valence-electron chi connectivity index (χ3n) is 5.27. The SMILES string of the molecule is CCC(CC)(CN)C(=O)N1CCC(N(C)S(=O)(=O)CC)CC1. The van der Waals surface area contributed by atoms with Crippen LogP contribution in [0.15, 0.2) is 0 Å². The fourth-order valence-electron chi connectivity index (χ4n) is 3.13. The minimum Gasteiger partial charge on any atom is -0.342 e. The molecule has 0 atom stereocenters. The van der Waals surface area contributed by atoms with E-state index >= 15 is 0 Å². The monoisotopic (exact) mass is 333 g/mol. The van der Waals surface area contributed by atoms with Crippen molar-refractivity contribution >= 4 is 15.9 Å². The van der Waals surface area contributed by atoms with Crippen LogP contribution in [0, 0.1) is 5.41 Å². The quantitative estimate of drug-likeness (QED) is 0.754. The first-order valence-corrected chi connectivity index (χ1v) is 9.84. The summed E-state index contributed by atoms with van der Waals surface area (Å²) in [5, 5.41) is 0. The van der Waals surface area contributed by atoms with Crippen molar-refractivity contribution in [3.05, 3.63) is 0 Å². The molecule has 22 heavy (non-hydrogen) atoms. The van der Waals surface area contributed by atoms with Gasteiger partial charge in [-0.3, -0.25) is 4.79 Å². The van der Waals surface area contributed by atoms with Crippen LogP contribution < -0.4 is 5.73 Å². The van der Waals surface area contributed by atoms with Gasteiger partial charge in [0.25, 0.3) is 0 Å². The standard InChI is InChI=1S/C15H31N3O3S/c1-5-15(6-2,12-16)14(19)18-10-8-13(9-11-18)17(4)22(20,21)7-3/h13H,5-12,16H2,1-4H3. The van der Waals surface area contributed by atoms with Crippen LogP contribution in [0.2, 0.25) is 0 Å². The molecule has 130 valence electrons. The molecule has 0 aromatic carbocycles. The highest BCUT2D eigenvalue weighted by Crippen LogP contribution is 2.30. The number of rotatable bonds is 7. The second-order valence-electron chi connectivity index (χ2n) is 6.13. The van der Waals surface area contributed by atoms with Crippen molar-refractivity contribution in [2.24, 2.45) is 11.1 Å². The van der Waals surface area contributed by atoms with Gasteiger partial charge in [-0.05, 0) is 32.6 Å². The van der Waals surface area contributed by atoms with Gasteiger partial charge in [-0.1, -0.05) is 13.8 Å². The van der Waals surface area contributed by atoms with E-state index in [2.05, 4.69) is 0 Å². The molecule has 1 aliphatic rings. The van der Waals surface area contributed by atoms with Gasteiger partial charge < -0.3 is 10.6 Å². The molecule has 1 saturated heterocycles. The molecule has 0 saturated carbocycles. The average Bonchev–Trinajstić information content (AvgIpc) is 2.56. The van der Waals surface area contributed by atoms with Crippen molar-refractivity contribution in [3.63, 3.8) is 0 Å². The summed E-state index contributed by atoms with van der Waals surface area (Å²) in [7, 11) is -1.53. The summed E-state index contributed by atoms with van der Waals surface area (Å²) in [6.45, 7) is 7.24. The van der Waals surface area contributed by atoms with Crippen molar-refractivity contribution in [2.75, 3.05) is 32.4 Å². The molecule has 0 spiro atoms. The molecule has 7 heteroatoms. The number of piperidine rings is 1. The number of likely N-dealkylation sites (tertiary alicyclic amines) is 1. The highest BCUT2D eigenvalue weighted by atomic mass is 32.2. The number of hydrogen-bond acceptors (Lipinski definition) is 4. The molecule has 2 N–H and O–H groups in total. The molecule has 0 bridgehead atoms. The lowest BCUT2D eigenvalue weighted by atomic mass is 9.80. The maximum absolute atomic E-state index is 12.8. The normalized spacial score (nSPS) is 18.0. The first kappa shape index (κ1) is 19.4. The fraction of sp³-hybridized carbons (Fsp3) is 0.933. The number of hydrogen-bond donors (Lipinski definition) is 1. The van der Waals surface area contributed by atoms with Crippen molar-refractivity contribution < 1.29 is 13.2 Å². The van der Waals surface area contributed by atoms with Crippen LogP contribution in [0.1, 0.15) is 46.5 Å². The van der Waals surface area contributed by atoms with Gasteiger partial charge in [0.1, 0.15) is 0 Å². The summed E-state index contributed by atoms with van der Waals surface area (Å²) < 4.78 is 25.4. The van der Waals surface area contributed by atoms with E-state index in [1.54, 1.807) is 14.0 Å². The van der Waals surface area contributed by atoms with Crippen LogP contribution in [-0.4, -0.2) is 62.0 Å². The third-order valence-corrected chi connectivity index (χ3v) is 7.17. The summed E-state index contributed by atoms with van der Waals surface area (Å²) in [6, 6.07) is -0.00969. The van der Waals surface area contributed by atoms with Gasteiger partial charge in [-0.15, -0.1) is 0 Å². The molecule has 6 nitrogen and oxygen atoms in total. The molecule has 0 aromatic rings. The lowest BCUT2D eigenvalue weighted by molar-refractivity contribution is -0.143. The van der Waals surface area contributed by atoms with E-state index in [0.717, 1.165) is 12.8 Å². The summed E-state index contributed by atoms with van der Waals surface area (Å²) >= 11 is 0. The highest BCUT2D eigenvalue weighted by molar-refractivity contribution is 7.89. The van der Waals surface area contributed by atoms with Gasteiger partial charge in [0, 0.05) is 32.7 Å². The van der Waals surface area contributed by atoms with Crippen LogP contribution in [-0.2, 0) is 14.8 Å². The van der Waals surface area contributed by atoms with Crippen LogP contribution in [0.25, 0.3) is 0 Å². The first-order chi connectivity index (χ1) is 10.3. The Hall–Kier alpha value is -0.660. The van der Waals surface area contributed by atoms with E-state index in [1.807, 2.05) is 18.7 Å². The fourth-order valence-corrected chi connectivity index (χ4v) is 4.20. The minimum atomic E-state index is -3.17. The van der Waals surface area contributed by atoms with Crippen LogP contribution in [0.4, 0.5) is 0 Å². The molecule has 0 aliphatic carbocycles. The molecule has 0 aromatic heterocycles. The van der Waals surface area contributed by atoms with Crippen LogP contribution in [0.3, 0.4) is 0 Å². The predicted molar refractivity (Wildman–Crippen MR) is 88.9 cm³/mol. The predicted octanol–water partition coefficient (Wildman–Crippen LogP) is 1.02. The minimum absolute atomic E-state index is 0.00969. The Morgan fingerprint density at radius 3 is 2.09 bits per heavy atom. The Labute approximate surface area is 135 Å². The number of carbonyl (C=O) groups is 1. The third kappa shape index (κ3) is 3.81. The molecular formula is C15H31N3O3S. The van der Waals surface area contributed by atoms with Gasteiger partial charge in [0.15, 0.2) is 0 Å². The number of carbonyl (C=O) groups excluding carboxylic acids is 1. The van der Waals surface area contributed by atoms with Gasteiger partial charge in [-0.25, -0.2) is 12.7 Å². The number of amides is 1. The topological polar surface area (TPSA) is 83.7 Å². The Morgan fingerprint density at radius 2 is 1.73 bits per heavy atom. The van der Waals surface area contributed by atoms with Crippen molar-refractivity contribution in [1.29, 1.82) is 0 Å². The molecule has 1 fully saturated rings. The lowest BCUT2D eigenvalue weighted by Gasteiger charge is -2.40. The highest BCUT2D eigenvalue weighted by Gasteiger charge is 2.39. The second-order valence-corrected chi connectivity index (χ2v) is 8.45. The Kier molecular flexibility index (Phi) is 6.83. The summed E-state index contributed by atoms with van der Waals surface area (Å²) in [4.78, 5) is 14.6. The smallest absolute Gasteiger partial charge is 0.230 e. The Morgan fingerprint density at radius 1 is 1.23 bits per heavy atom. The maximum Gasteiger partial charge on any atom is 0.230 e. The maximum atomic E-state index is 12.8. The van der Waals surface area contributed by atoms with Gasteiger partial charge in [0.05, 0.1) is 11.2 Å². The molecule has 0 radical (unpaired) electrons. The lowest BCUT2D eigenvalue weighted by Crippen LogP contribution is -2.53. The second kappa shape index (κ2) is 7.75. The number of nitrogens with zero attached hydrogens (tertiary/aromatic N) is 2. The number of nitrogens with two attached hydrogens (primary N) is 1. The molecule has 1 heterocycles. The number of sulfonamides is 1. The van der Waals surface area contributed by atoms with E-state index in [9.17, 15) is 13.2 Å². The molecule has 0 unspecified atom stereocenters. The van der Waals surface area contributed by atoms with E-state index < -0.39 is 15.4 Å².